The Kier molecular flexibility index (Phi) is 4.30. The molecule has 0 N–H and O–H groups in total. The van der Waals surface area contributed by atoms with Gasteiger partial charge in [-0.1, -0.05) is 11.6 Å². The van der Waals surface area contributed by atoms with Crippen molar-refractivity contribution in [3.63, 3.8) is 0 Å². The van der Waals surface area contributed by atoms with E-state index >= 15 is 0 Å². The van der Waals surface area contributed by atoms with Crippen molar-refractivity contribution in [1.82, 2.24) is 4.90 Å². The predicted octanol–water partition coefficient (Wildman–Crippen LogP) is 4.10. The zero-order chi connectivity index (χ0) is 12.4. The van der Waals surface area contributed by atoms with E-state index in [9.17, 15) is 0 Å². The van der Waals surface area contributed by atoms with E-state index in [0.717, 1.165) is 23.8 Å². The molecule has 1 saturated carbocycles. The molecule has 0 bridgehead atoms. The van der Waals surface area contributed by atoms with E-state index in [1.165, 1.54) is 44.3 Å². The third-order valence-electron chi connectivity index (χ3n) is 4.75. The summed E-state index contributed by atoms with van der Waals surface area (Å²) in [6.45, 7) is 11.8. The summed E-state index contributed by atoms with van der Waals surface area (Å²) in [5, 5.41) is 0. The van der Waals surface area contributed by atoms with Crippen molar-refractivity contribution in [2.24, 2.45) is 17.8 Å². The van der Waals surface area contributed by atoms with Gasteiger partial charge >= 0.3 is 0 Å². The van der Waals surface area contributed by atoms with Crippen LogP contribution in [0.1, 0.15) is 53.4 Å². The van der Waals surface area contributed by atoms with Gasteiger partial charge in [-0.05, 0) is 84.2 Å². The summed E-state index contributed by atoms with van der Waals surface area (Å²) in [5.74, 6) is 2.99. The second-order valence-electron chi connectivity index (χ2n) is 6.70. The first kappa shape index (κ1) is 13.1. The van der Waals surface area contributed by atoms with E-state index < -0.39 is 0 Å². The van der Waals surface area contributed by atoms with Crippen LogP contribution < -0.4 is 0 Å². The molecule has 98 valence electrons. The van der Waals surface area contributed by atoms with Crippen LogP contribution in [0.3, 0.4) is 0 Å². The fourth-order valence-electron chi connectivity index (χ4n) is 3.61. The van der Waals surface area contributed by atoms with Gasteiger partial charge in [0.05, 0.1) is 0 Å². The van der Waals surface area contributed by atoms with Crippen LogP contribution in [-0.4, -0.2) is 24.0 Å². The maximum Gasteiger partial charge on any atom is 0.00385 e. The molecule has 1 saturated heterocycles. The van der Waals surface area contributed by atoms with E-state index in [2.05, 4.69) is 38.7 Å². The zero-order valence-corrected chi connectivity index (χ0v) is 12.1. The van der Waals surface area contributed by atoms with Gasteiger partial charge in [0.1, 0.15) is 0 Å². The molecule has 1 aliphatic carbocycles. The Morgan fingerprint density at radius 1 is 1.06 bits per heavy atom. The minimum absolute atomic E-state index is 0.746. The summed E-state index contributed by atoms with van der Waals surface area (Å²) >= 11 is 0. The number of likely N-dealkylation sites (tertiary alicyclic amines) is 1. The number of rotatable bonds is 3. The van der Waals surface area contributed by atoms with Gasteiger partial charge in [-0.25, -0.2) is 0 Å². The first-order chi connectivity index (χ1) is 8.06. The fraction of sp³-hybridized carbons (Fsp3) is 0.875. The molecule has 1 heteroatoms. The number of nitrogens with zero attached hydrogens (tertiary/aromatic N) is 1. The van der Waals surface area contributed by atoms with Crippen LogP contribution in [-0.2, 0) is 0 Å². The second kappa shape index (κ2) is 5.56. The number of piperidine rings is 1. The Bertz CT molecular complexity index is 261. The van der Waals surface area contributed by atoms with Crippen molar-refractivity contribution in [1.29, 1.82) is 0 Å². The summed E-state index contributed by atoms with van der Waals surface area (Å²) in [6.07, 6.45) is 8.32. The smallest absolute Gasteiger partial charge is 0.00385 e. The van der Waals surface area contributed by atoms with Crippen LogP contribution in [0.15, 0.2) is 11.6 Å². The monoisotopic (exact) mass is 235 g/mol. The van der Waals surface area contributed by atoms with Crippen LogP contribution >= 0.6 is 0 Å². The average Bonchev–Trinajstić information content (AvgIpc) is 2.23. The van der Waals surface area contributed by atoms with Crippen molar-refractivity contribution < 1.29 is 0 Å². The lowest BCUT2D eigenvalue weighted by Crippen LogP contribution is -2.42. The lowest BCUT2D eigenvalue weighted by atomic mass is 9.66. The molecule has 1 nitrogen and oxygen atoms in total. The maximum absolute atomic E-state index is 2.64. The van der Waals surface area contributed by atoms with Gasteiger partial charge in [-0.2, -0.15) is 0 Å². The molecule has 0 amide bonds. The van der Waals surface area contributed by atoms with Crippen molar-refractivity contribution in [2.75, 3.05) is 13.1 Å². The molecular weight excluding hydrogens is 206 g/mol. The Balaban J connectivity index is 1.71. The first-order valence-electron chi connectivity index (χ1n) is 7.45. The van der Waals surface area contributed by atoms with Gasteiger partial charge in [0.15, 0.2) is 0 Å². The van der Waals surface area contributed by atoms with Gasteiger partial charge in [0.25, 0.3) is 0 Å². The summed E-state index contributed by atoms with van der Waals surface area (Å²) < 4.78 is 0. The molecule has 0 aromatic heterocycles. The van der Waals surface area contributed by atoms with Gasteiger partial charge in [0.2, 0.25) is 0 Å². The Morgan fingerprint density at radius 3 is 2.12 bits per heavy atom. The van der Waals surface area contributed by atoms with E-state index in [4.69, 9.17) is 0 Å². The molecule has 2 rings (SSSR count). The maximum atomic E-state index is 2.64. The van der Waals surface area contributed by atoms with Crippen LogP contribution in [0.5, 0.6) is 0 Å². The van der Waals surface area contributed by atoms with Crippen molar-refractivity contribution in [3.8, 4) is 0 Å². The van der Waals surface area contributed by atoms with Crippen molar-refractivity contribution in [3.05, 3.63) is 11.6 Å². The fourth-order valence-corrected chi connectivity index (χ4v) is 3.61. The highest BCUT2D eigenvalue weighted by Gasteiger charge is 2.35. The normalized spacial score (nSPS) is 31.4. The van der Waals surface area contributed by atoms with E-state index in [1.807, 2.05) is 0 Å². The third kappa shape index (κ3) is 3.34. The van der Waals surface area contributed by atoms with E-state index in [-0.39, 0.29) is 0 Å². The highest BCUT2D eigenvalue weighted by Crippen LogP contribution is 2.43. The summed E-state index contributed by atoms with van der Waals surface area (Å²) in [5.41, 5.74) is 1.50. The molecule has 0 atom stereocenters. The van der Waals surface area contributed by atoms with Gasteiger partial charge in [-0.15, -0.1) is 0 Å². The lowest BCUT2D eigenvalue weighted by molar-refractivity contribution is 0.0722. The van der Waals surface area contributed by atoms with Crippen LogP contribution in [0.2, 0.25) is 0 Å². The Labute approximate surface area is 107 Å². The average molecular weight is 235 g/mol. The van der Waals surface area contributed by atoms with Gasteiger partial charge in [-0.3, -0.25) is 0 Å². The molecule has 0 aromatic carbocycles. The highest BCUT2D eigenvalue weighted by molar-refractivity contribution is 5.03. The Hall–Kier alpha value is -0.300. The minimum atomic E-state index is 0.746. The first-order valence-corrected chi connectivity index (χ1v) is 7.45. The second-order valence-corrected chi connectivity index (χ2v) is 6.70. The highest BCUT2D eigenvalue weighted by atomic mass is 15.1. The standard InChI is InChI=1S/C16H29N/c1-12(2)9-14-10-16(11-14)15-5-7-17(8-6-15)13(3)4/h9,13-16H,5-8,10-11H2,1-4H3. The molecule has 0 radical (unpaired) electrons. The van der Waals surface area contributed by atoms with E-state index in [1.54, 1.807) is 0 Å². The van der Waals surface area contributed by atoms with E-state index in [0.29, 0.717) is 0 Å². The van der Waals surface area contributed by atoms with Crippen LogP contribution in [0, 0.1) is 17.8 Å². The van der Waals surface area contributed by atoms with Crippen molar-refractivity contribution >= 4 is 0 Å². The number of allylic oxidation sites excluding steroid dienone is 2. The topological polar surface area (TPSA) is 3.24 Å². The Morgan fingerprint density at radius 2 is 1.65 bits per heavy atom. The molecule has 0 aromatic rings. The molecule has 17 heavy (non-hydrogen) atoms. The summed E-state index contributed by atoms with van der Waals surface area (Å²) in [7, 11) is 0. The summed E-state index contributed by atoms with van der Waals surface area (Å²) in [6, 6.07) is 0.746. The predicted molar refractivity (Wildman–Crippen MR) is 75.1 cm³/mol. The third-order valence-corrected chi connectivity index (χ3v) is 4.75. The van der Waals surface area contributed by atoms with Crippen LogP contribution in [0.25, 0.3) is 0 Å². The molecule has 0 unspecified atom stereocenters. The molecular formula is C16H29N. The van der Waals surface area contributed by atoms with Gasteiger partial charge < -0.3 is 4.90 Å². The quantitative estimate of drug-likeness (QED) is 0.666. The lowest BCUT2D eigenvalue weighted by Gasteiger charge is -2.44. The molecule has 2 fully saturated rings. The summed E-state index contributed by atoms with van der Waals surface area (Å²) in [4.78, 5) is 2.64. The molecule has 1 heterocycles. The van der Waals surface area contributed by atoms with Crippen molar-refractivity contribution in [2.45, 2.75) is 59.4 Å². The SMILES string of the molecule is CC(C)=CC1CC(C2CCN(C(C)C)CC2)C1. The minimum Gasteiger partial charge on any atom is -0.301 e. The zero-order valence-electron chi connectivity index (χ0n) is 12.1. The largest absolute Gasteiger partial charge is 0.301 e. The number of hydrogen-bond donors (Lipinski definition) is 0. The molecule has 0 spiro atoms. The molecule has 2 aliphatic rings. The van der Waals surface area contributed by atoms with Gasteiger partial charge in [0, 0.05) is 6.04 Å². The number of hydrogen-bond acceptors (Lipinski definition) is 1. The molecule has 1 aliphatic heterocycles. The van der Waals surface area contributed by atoms with Crippen LogP contribution in [0.4, 0.5) is 0 Å².